The minimum atomic E-state index is -0.509. The van der Waals surface area contributed by atoms with Gasteiger partial charge in [-0.1, -0.05) is 22.0 Å². The van der Waals surface area contributed by atoms with Gasteiger partial charge in [-0.15, -0.1) is 0 Å². The minimum absolute atomic E-state index is 0.103. The van der Waals surface area contributed by atoms with Gasteiger partial charge in [0.2, 0.25) is 0 Å². The molecule has 126 valence electrons. The Morgan fingerprint density at radius 3 is 2.60 bits per heavy atom. The number of hydrogen-bond acceptors (Lipinski definition) is 4. The predicted octanol–water partition coefficient (Wildman–Crippen LogP) is 4.40. The Morgan fingerprint density at radius 2 is 1.88 bits per heavy atom. The quantitative estimate of drug-likeness (QED) is 0.704. The van der Waals surface area contributed by atoms with Gasteiger partial charge in [-0.25, -0.2) is 14.4 Å². The van der Waals surface area contributed by atoms with E-state index in [1.54, 1.807) is 47.6 Å². The Hall–Kier alpha value is -2.80. The standard InChI is InChI=1S/C18H14BrFN4O/c1-24(15-9-21-11-22-10-15)14-5-6-16(20)17(8-14)23-18(25)12-3-2-4-13(19)7-12/h2-11H,1H3,(H,23,25). The highest BCUT2D eigenvalue weighted by Crippen LogP contribution is 2.27. The van der Waals surface area contributed by atoms with E-state index in [0.29, 0.717) is 11.3 Å². The summed E-state index contributed by atoms with van der Waals surface area (Å²) < 4.78 is 14.9. The lowest BCUT2D eigenvalue weighted by molar-refractivity contribution is 0.102. The topological polar surface area (TPSA) is 58.1 Å². The summed E-state index contributed by atoms with van der Waals surface area (Å²) in [5.41, 5.74) is 1.98. The van der Waals surface area contributed by atoms with Crippen LogP contribution in [0.5, 0.6) is 0 Å². The third-order valence-electron chi connectivity index (χ3n) is 3.61. The van der Waals surface area contributed by atoms with Gasteiger partial charge in [-0.05, 0) is 36.4 Å². The Balaban J connectivity index is 1.86. The van der Waals surface area contributed by atoms with E-state index in [2.05, 4.69) is 31.2 Å². The molecule has 0 aliphatic rings. The van der Waals surface area contributed by atoms with Crippen molar-refractivity contribution in [3.8, 4) is 0 Å². The van der Waals surface area contributed by atoms with Gasteiger partial charge in [-0.3, -0.25) is 4.79 Å². The molecular formula is C18H14BrFN4O. The third-order valence-corrected chi connectivity index (χ3v) is 4.10. The van der Waals surface area contributed by atoms with E-state index in [-0.39, 0.29) is 11.6 Å². The van der Waals surface area contributed by atoms with Crippen molar-refractivity contribution >= 4 is 38.9 Å². The molecule has 1 amide bonds. The fourth-order valence-electron chi connectivity index (χ4n) is 2.26. The van der Waals surface area contributed by atoms with Crippen LogP contribution in [0.25, 0.3) is 0 Å². The maximum atomic E-state index is 14.1. The first-order valence-electron chi connectivity index (χ1n) is 7.40. The van der Waals surface area contributed by atoms with Crippen molar-refractivity contribution < 1.29 is 9.18 Å². The zero-order chi connectivity index (χ0) is 17.8. The number of benzene rings is 2. The van der Waals surface area contributed by atoms with Gasteiger partial charge < -0.3 is 10.2 Å². The number of carbonyl (C=O) groups excluding carboxylic acids is 1. The van der Waals surface area contributed by atoms with E-state index in [1.165, 1.54) is 12.4 Å². The fourth-order valence-corrected chi connectivity index (χ4v) is 2.65. The largest absolute Gasteiger partial charge is 0.342 e. The van der Waals surface area contributed by atoms with Gasteiger partial charge in [0.25, 0.3) is 5.91 Å². The molecule has 25 heavy (non-hydrogen) atoms. The number of carbonyl (C=O) groups is 1. The summed E-state index contributed by atoms with van der Waals surface area (Å²) in [5, 5.41) is 2.61. The Bertz CT molecular complexity index is 905. The molecule has 0 aliphatic heterocycles. The first-order valence-corrected chi connectivity index (χ1v) is 8.19. The molecule has 0 spiro atoms. The Kier molecular flexibility index (Phi) is 5.04. The van der Waals surface area contributed by atoms with E-state index in [4.69, 9.17) is 0 Å². The number of amides is 1. The Labute approximate surface area is 152 Å². The number of rotatable bonds is 4. The van der Waals surface area contributed by atoms with Crippen LogP contribution < -0.4 is 10.2 Å². The SMILES string of the molecule is CN(c1cncnc1)c1ccc(F)c(NC(=O)c2cccc(Br)c2)c1. The number of nitrogens with one attached hydrogen (secondary N) is 1. The first-order chi connectivity index (χ1) is 12.0. The molecule has 0 aliphatic carbocycles. The van der Waals surface area contributed by atoms with Gasteiger partial charge in [0.05, 0.1) is 23.8 Å². The molecule has 5 nitrogen and oxygen atoms in total. The average Bonchev–Trinajstić information content (AvgIpc) is 2.63. The lowest BCUT2D eigenvalue weighted by Crippen LogP contribution is -2.15. The molecule has 2 aromatic carbocycles. The number of halogens is 2. The summed E-state index contributed by atoms with van der Waals surface area (Å²) >= 11 is 3.31. The first kappa shape index (κ1) is 17.0. The number of aromatic nitrogens is 2. The zero-order valence-corrected chi connectivity index (χ0v) is 14.9. The van der Waals surface area contributed by atoms with Crippen LogP contribution in [-0.2, 0) is 0 Å². The number of nitrogens with zero attached hydrogens (tertiary/aromatic N) is 3. The molecule has 0 saturated heterocycles. The summed E-state index contributed by atoms with van der Waals surface area (Å²) in [6, 6.07) is 11.4. The van der Waals surface area contributed by atoms with Crippen molar-refractivity contribution in [2.75, 3.05) is 17.3 Å². The summed E-state index contributed by atoms with van der Waals surface area (Å²) in [7, 11) is 1.81. The van der Waals surface area contributed by atoms with Gasteiger partial charge in [0.15, 0.2) is 0 Å². The van der Waals surface area contributed by atoms with Crippen LogP contribution in [0, 0.1) is 5.82 Å². The van der Waals surface area contributed by atoms with Crippen molar-refractivity contribution in [3.05, 3.63) is 77.0 Å². The monoisotopic (exact) mass is 400 g/mol. The van der Waals surface area contributed by atoms with Crippen molar-refractivity contribution in [3.63, 3.8) is 0 Å². The van der Waals surface area contributed by atoms with E-state index in [1.807, 2.05) is 13.1 Å². The second kappa shape index (κ2) is 7.40. The highest BCUT2D eigenvalue weighted by Gasteiger charge is 2.12. The summed E-state index contributed by atoms with van der Waals surface area (Å²) in [6.07, 6.45) is 4.73. The van der Waals surface area contributed by atoms with E-state index >= 15 is 0 Å². The van der Waals surface area contributed by atoms with Crippen LogP contribution in [0.2, 0.25) is 0 Å². The smallest absolute Gasteiger partial charge is 0.255 e. The summed E-state index contributed by atoms with van der Waals surface area (Å²) in [6.45, 7) is 0. The van der Waals surface area contributed by atoms with E-state index in [9.17, 15) is 9.18 Å². The molecule has 3 rings (SSSR count). The fraction of sp³-hybridized carbons (Fsp3) is 0.0556. The van der Waals surface area contributed by atoms with Gasteiger partial charge >= 0.3 is 0 Å². The van der Waals surface area contributed by atoms with E-state index < -0.39 is 5.82 Å². The van der Waals surface area contributed by atoms with Crippen LogP contribution in [-0.4, -0.2) is 22.9 Å². The normalized spacial score (nSPS) is 10.4. The van der Waals surface area contributed by atoms with Crippen molar-refractivity contribution in [2.45, 2.75) is 0 Å². The van der Waals surface area contributed by atoms with E-state index in [0.717, 1.165) is 10.2 Å². The van der Waals surface area contributed by atoms with Crippen LogP contribution in [0.15, 0.2) is 65.7 Å². The van der Waals surface area contributed by atoms with Crippen molar-refractivity contribution in [1.82, 2.24) is 9.97 Å². The summed E-state index contributed by atoms with van der Waals surface area (Å²) in [5.74, 6) is -0.896. The molecule has 0 unspecified atom stereocenters. The molecule has 1 aromatic heterocycles. The number of anilines is 3. The Morgan fingerprint density at radius 1 is 1.12 bits per heavy atom. The van der Waals surface area contributed by atoms with Crippen molar-refractivity contribution in [2.24, 2.45) is 0 Å². The van der Waals surface area contributed by atoms with Crippen LogP contribution >= 0.6 is 15.9 Å². The zero-order valence-electron chi connectivity index (χ0n) is 13.3. The minimum Gasteiger partial charge on any atom is -0.342 e. The highest BCUT2D eigenvalue weighted by atomic mass is 79.9. The number of hydrogen-bond donors (Lipinski definition) is 1. The molecule has 0 bridgehead atoms. The van der Waals surface area contributed by atoms with Crippen LogP contribution in [0.1, 0.15) is 10.4 Å². The maximum Gasteiger partial charge on any atom is 0.255 e. The predicted molar refractivity (Wildman–Crippen MR) is 98.6 cm³/mol. The van der Waals surface area contributed by atoms with Gasteiger partial charge in [-0.2, -0.15) is 0 Å². The van der Waals surface area contributed by atoms with Crippen LogP contribution in [0.4, 0.5) is 21.5 Å². The second-order valence-electron chi connectivity index (χ2n) is 5.28. The molecule has 0 atom stereocenters. The summed E-state index contributed by atoms with van der Waals surface area (Å²) in [4.78, 5) is 22.1. The van der Waals surface area contributed by atoms with Crippen molar-refractivity contribution in [1.29, 1.82) is 0 Å². The maximum absolute atomic E-state index is 14.1. The second-order valence-corrected chi connectivity index (χ2v) is 6.20. The molecule has 1 heterocycles. The molecule has 7 heteroatoms. The molecule has 0 fully saturated rings. The lowest BCUT2D eigenvalue weighted by Gasteiger charge is -2.19. The van der Waals surface area contributed by atoms with Gasteiger partial charge in [0, 0.05) is 22.8 Å². The van der Waals surface area contributed by atoms with Gasteiger partial charge in [0.1, 0.15) is 12.1 Å². The third kappa shape index (κ3) is 4.00. The molecule has 0 radical (unpaired) electrons. The molecular weight excluding hydrogens is 387 g/mol. The van der Waals surface area contributed by atoms with Crippen LogP contribution in [0.3, 0.4) is 0 Å². The molecule has 1 N–H and O–H groups in total. The lowest BCUT2D eigenvalue weighted by atomic mass is 10.2. The highest BCUT2D eigenvalue weighted by molar-refractivity contribution is 9.10. The molecule has 3 aromatic rings. The average molecular weight is 401 g/mol. The molecule has 0 saturated carbocycles.